The molecule has 2 N–H and O–H groups in total. The molecule has 3 rings (SSSR count). The van der Waals surface area contributed by atoms with Crippen LogP contribution in [0.25, 0.3) is 0 Å². The quantitative estimate of drug-likeness (QED) is 0.689. The summed E-state index contributed by atoms with van der Waals surface area (Å²) < 4.78 is 5.57. The van der Waals surface area contributed by atoms with Gasteiger partial charge in [0.05, 0.1) is 12.2 Å². The first-order valence-corrected chi connectivity index (χ1v) is 9.43. The van der Waals surface area contributed by atoms with Crippen LogP contribution in [0.3, 0.4) is 0 Å². The molecule has 0 spiro atoms. The number of nitrogens with zero attached hydrogens (tertiary/aromatic N) is 1. The zero-order valence-corrected chi connectivity index (χ0v) is 15.8. The lowest BCUT2D eigenvalue weighted by Gasteiger charge is -2.15. The molecule has 2 aromatic carbocycles. The summed E-state index contributed by atoms with van der Waals surface area (Å²) in [5, 5.41) is 5.90. The molecule has 0 radical (unpaired) electrons. The first kappa shape index (κ1) is 19.5. The average molecular weight is 379 g/mol. The van der Waals surface area contributed by atoms with Crippen LogP contribution >= 0.6 is 0 Å². The van der Waals surface area contributed by atoms with E-state index >= 15 is 0 Å². The Labute approximate surface area is 165 Å². The Kier molecular flexibility index (Phi) is 6.68. The van der Waals surface area contributed by atoms with Gasteiger partial charge in [0.2, 0.25) is 5.91 Å². The molecule has 1 saturated heterocycles. The number of carbonyl (C=O) groups excluding carboxylic acids is 2. The number of rotatable bonds is 8. The van der Waals surface area contributed by atoms with Crippen molar-refractivity contribution in [2.24, 2.45) is 0 Å². The summed E-state index contributed by atoms with van der Waals surface area (Å²) >= 11 is 0. The number of hydrogen-bond donors (Lipinski definition) is 2. The maximum absolute atomic E-state index is 12.4. The van der Waals surface area contributed by atoms with Gasteiger partial charge in [0.1, 0.15) is 12.4 Å². The molecule has 28 heavy (non-hydrogen) atoms. The number of benzene rings is 2. The second kappa shape index (κ2) is 9.60. The summed E-state index contributed by atoms with van der Waals surface area (Å²) in [6.07, 6.45) is 3.80. The van der Waals surface area contributed by atoms with E-state index in [1.54, 1.807) is 30.3 Å². The van der Waals surface area contributed by atoms with Crippen LogP contribution < -0.4 is 15.4 Å². The number of carbonyl (C=O) groups is 2. The summed E-state index contributed by atoms with van der Waals surface area (Å²) in [6.45, 7) is 5.77. The molecule has 0 saturated carbocycles. The van der Waals surface area contributed by atoms with Gasteiger partial charge >= 0.3 is 0 Å². The Balaban J connectivity index is 1.52. The Bertz CT molecular complexity index is 827. The molecule has 0 bridgehead atoms. The van der Waals surface area contributed by atoms with Gasteiger partial charge in [0, 0.05) is 24.3 Å². The van der Waals surface area contributed by atoms with Crippen molar-refractivity contribution in [1.82, 2.24) is 4.90 Å². The van der Waals surface area contributed by atoms with Crippen LogP contribution in [0.1, 0.15) is 23.2 Å². The van der Waals surface area contributed by atoms with Crippen molar-refractivity contribution >= 4 is 23.2 Å². The highest BCUT2D eigenvalue weighted by atomic mass is 16.5. The topological polar surface area (TPSA) is 70.7 Å². The fourth-order valence-electron chi connectivity index (χ4n) is 3.07. The first-order chi connectivity index (χ1) is 13.7. The van der Waals surface area contributed by atoms with Gasteiger partial charge < -0.3 is 20.3 Å². The molecule has 6 heteroatoms. The average Bonchev–Trinajstić information content (AvgIpc) is 3.26. The third-order valence-electron chi connectivity index (χ3n) is 4.49. The van der Waals surface area contributed by atoms with Crippen LogP contribution in [0.5, 0.6) is 5.75 Å². The van der Waals surface area contributed by atoms with Gasteiger partial charge in [0.25, 0.3) is 5.91 Å². The molecule has 1 aliphatic rings. The van der Waals surface area contributed by atoms with E-state index in [0.29, 0.717) is 23.6 Å². The summed E-state index contributed by atoms with van der Waals surface area (Å²) in [5.74, 6) is 0.533. The second-order valence-corrected chi connectivity index (χ2v) is 6.57. The van der Waals surface area contributed by atoms with Crippen molar-refractivity contribution < 1.29 is 14.3 Å². The molecule has 2 amide bonds. The first-order valence-electron chi connectivity index (χ1n) is 9.43. The zero-order chi connectivity index (χ0) is 19.8. The van der Waals surface area contributed by atoms with Crippen molar-refractivity contribution in [2.75, 3.05) is 36.9 Å². The third-order valence-corrected chi connectivity index (χ3v) is 4.49. The number of amides is 2. The standard InChI is InChI=1S/C22H25N3O3/c1-2-15-28-20-8-4-3-7-19(20)23-16-21(26)24-18-11-9-17(10-12-18)22(27)25-13-5-6-14-25/h2-4,7-12,23H,1,5-6,13-16H2,(H,24,26). The van der Waals surface area contributed by atoms with Gasteiger partial charge in [-0.2, -0.15) is 0 Å². The zero-order valence-electron chi connectivity index (χ0n) is 15.8. The number of likely N-dealkylation sites (tertiary alicyclic amines) is 1. The molecular weight excluding hydrogens is 354 g/mol. The minimum absolute atomic E-state index is 0.0492. The van der Waals surface area contributed by atoms with Gasteiger partial charge in [-0.15, -0.1) is 0 Å². The highest BCUT2D eigenvalue weighted by molar-refractivity contribution is 5.96. The second-order valence-electron chi connectivity index (χ2n) is 6.57. The van der Waals surface area contributed by atoms with E-state index in [2.05, 4.69) is 17.2 Å². The van der Waals surface area contributed by atoms with Crippen molar-refractivity contribution in [2.45, 2.75) is 12.8 Å². The van der Waals surface area contributed by atoms with E-state index in [-0.39, 0.29) is 18.4 Å². The molecule has 0 aliphatic carbocycles. The van der Waals surface area contributed by atoms with Gasteiger partial charge in [-0.25, -0.2) is 0 Å². The van der Waals surface area contributed by atoms with E-state index in [1.165, 1.54) is 0 Å². The maximum Gasteiger partial charge on any atom is 0.253 e. The maximum atomic E-state index is 12.4. The molecule has 146 valence electrons. The summed E-state index contributed by atoms with van der Waals surface area (Å²) in [6, 6.07) is 14.4. The minimum Gasteiger partial charge on any atom is -0.487 e. The largest absolute Gasteiger partial charge is 0.487 e. The van der Waals surface area contributed by atoms with Crippen LogP contribution in [0.2, 0.25) is 0 Å². The smallest absolute Gasteiger partial charge is 0.253 e. The number of anilines is 2. The van der Waals surface area contributed by atoms with Crippen LogP contribution in [-0.2, 0) is 4.79 Å². The van der Waals surface area contributed by atoms with E-state index in [4.69, 9.17) is 4.74 Å². The SMILES string of the molecule is C=CCOc1ccccc1NCC(=O)Nc1ccc(C(=O)N2CCCC2)cc1. The lowest BCUT2D eigenvalue weighted by Crippen LogP contribution is -2.27. The lowest BCUT2D eigenvalue weighted by atomic mass is 10.2. The van der Waals surface area contributed by atoms with Crippen LogP contribution in [0, 0.1) is 0 Å². The van der Waals surface area contributed by atoms with Crippen LogP contribution in [-0.4, -0.2) is 43.0 Å². The number of para-hydroxylation sites is 2. The van der Waals surface area contributed by atoms with Crippen molar-refractivity contribution in [1.29, 1.82) is 0 Å². The van der Waals surface area contributed by atoms with Crippen molar-refractivity contribution in [3.63, 3.8) is 0 Å². The predicted octanol–water partition coefficient (Wildman–Crippen LogP) is 3.54. The van der Waals surface area contributed by atoms with E-state index in [0.717, 1.165) is 31.6 Å². The number of nitrogens with one attached hydrogen (secondary N) is 2. The van der Waals surface area contributed by atoms with E-state index in [1.807, 2.05) is 29.2 Å². The van der Waals surface area contributed by atoms with E-state index in [9.17, 15) is 9.59 Å². The Morgan fingerprint density at radius 3 is 2.50 bits per heavy atom. The summed E-state index contributed by atoms with van der Waals surface area (Å²) in [4.78, 5) is 26.5. The molecule has 1 heterocycles. The molecular formula is C22H25N3O3. The molecule has 0 aromatic heterocycles. The van der Waals surface area contributed by atoms with Gasteiger partial charge in [-0.3, -0.25) is 9.59 Å². The number of ether oxygens (including phenoxy) is 1. The highest BCUT2D eigenvalue weighted by Gasteiger charge is 2.19. The van der Waals surface area contributed by atoms with E-state index < -0.39 is 0 Å². The lowest BCUT2D eigenvalue weighted by molar-refractivity contribution is -0.114. The molecule has 1 fully saturated rings. The number of hydrogen-bond acceptors (Lipinski definition) is 4. The Morgan fingerprint density at radius 2 is 1.79 bits per heavy atom. The molecule has 1 aliphatic heterocycles. The van der Waals surface area contributed by atoms with Gasteiger partial charge in [0.15, 0.2) is 0 Å². The fraction of sp³-hybridized carbons (Fsp3) is 0.273. The molecule has 0 unspecified atom stereocenters. The predicted molar refractivity (Wildman–Crippen MR) is 111 cm³/mol. The van der Waals surface area contributed by atoms with Gasteiger partial charge in [-0.05, 0) is 49.2 Å². The molecule has 6 nitrogen and oxygen atoms in total. The normalized spacial score (nSPS) is 13.1. The fourth-order valence-corrected chi connectivity index (χ4v) is 3.07. The van der Waals surface area contributed by atoms with Crippen LogP contribution in [0.4, 0.5) is 11.4 Å². The minimum atomic E-state index is -0.183. The summed E-state index contributed by atoms with van der Waals surface area (Å²) in [7, 11) is 0. The Hall–Kier alpha value is -3.28. The van der Waals surface area contributed by atoms with Crippen molar-refractivity contribution in [3.8, 4) is 5.75 Å². The Morgan fingerprint density at radius 1 is 1.07 bits per heavy atom. The highest BCUT2D eigenvalue weighted by Crippen LogP contribution is 2.23. The molecule has 2 aromatic rings. The summed E-state index contributed by atoms with van der Waals surface area (Å²) in [5.41, 5.74) is 2.04. The third kappa shape index (κ3) is 5.13. The van der Waals surface area contributed by atoms with Crippen molar-refractivity contribution in [3.05, 3.63) is 66.7 Å². The van der Waals surface area contributed by atoms with Crippen LogP contribution in [0.15, 0.2) is 61.2 Å². The monoisotopic (exact) mass is 379 g/mol. The van der Waals surface area contributed by atoms with Gasteiger partial charge in [-0.1, -0.05) is 24.8 Å². The molecule has 0 atom stereocenters.